The van der Waals surface area contributed by atoms with Gasteiger partial charge < -0.3 is 15.2 Å². The Hall–Kier alpha value is -4.46. The molecule has 1 fully saturated rings. The SMILES string of the molecule is COc1ccccc1/C(O)=C1\C(=O)C(=O)N(c2cccc(NC(C)=O)c2)C1c1ccccn1. The van der Waals surface area contributed by atoms with E-state index < -0.39 is 17.7 Å². The van der Waals surface area contributed by atoms with Gasteiger partial charge in [0.25, 0.3) is 11.7 Å². The summed E-state index contributed by atoms with van der Waals surface area (Å²) in [4.78, 5) is 43.5. The first-order valence-corrected chi connectivity index (χ1v) is 10.2. The van der Waals surface area contributed by atoms with Crippen LogP contribution in [0.3, 0.4) is 0 Å². The Morgan fingerprint density at radius 1 is 1.06 bits per heavy atom. The second-order valence-corrected chi connectivity index (χ2v) is 7.36. The second-order valence-electron chi connectivity index (χ2n) is 7.36. The van der Waals surface area contributed by atoms with Gasteiger partial charge in [0.05, 0.1) is 23.9 Å². The Labute approximate surface area is 190 Å². The molecule has 0 bridgehead atoms. The first-order chi connectivity index (χ1) is 15.9. The predicted octanol–water partition coefficient (Wildman–Crippen LogP) is 3.67. The first-order valence-electron chi connectivity index (χ1n) is 10.2. The molecule has 2 N–H and O–H groups in total. The first kappa shape index (κ1) is 21.8. The van der Waals surface area contributed by atoms with E-state index in [1.165, 1.54) is 18.9 Å². The molecule has 0 radical (unpaired) electrons. The zero-order valence-corrected chi connectivity index (χ0v) is 18.0. The number of anilines is 2. The number of para-hydroxylation sites is 1. The Kier molecular flexibility index (Phi) is 5.91. The summed E-state index contributed by atoms with van der Waals surface area (Å²) in [5, 5.41) is 13.9. The fourth-order valence-electron chi connectivity index (χ4n) is 3.84. The van der Waals surface area contributed by atoms with Gasteiger partial charge in [-0.3, -0.25) is 24.3 Å². The van der Waals surface area contributed by atoms with Crippen molar-refractivity contribution < 1.29 is 24.2 Å². The van der Waals surface area contributed by atoms with E-state index in [9.17, 15) is 19.5 Å². The fraction of sp³-hybridized carbons (Fsp3) is 0.120. The van der Waals surface area contributed by atoms with E-state index in [-0.39, 0.29) is 22.8 Å². The molecule has 2 heterocycles. The van der Waals surface area contributed by atoms with Crippen LogP contribution in [0.25, 0.3) is 5.76 Å². The van der Waals surface area contributed by atoms with Crippen LogP contribution in [0, 0.1) is 0 Å². The summed E-state index contributed by atoms with van der Waals surface area (Å²) >= 11 is 0. The van der Waals surface area contributed by atoms with E-state index in [1.54, 1.807) is 72.9 Å². The third kappa shape index (κ3) is 4.06. The highest BCUT2D eigenvalue weighted by atomic mass is 16.5. The monoisotopic (exact) mass is 443 g/mol. The minimum Gasteiger partial charge on any atom is -0.507 e. The molecule has 4 rings (SSSR count). The maximum atomic E-state index is 13.2. The Morgan fingerprint density at radius 3 is 2.52 bits per heavy atom. The minimum absolute atomic E-state index is 0.104. The van der Waals surface area contributed by atoms with Gasteiger partial charge >= 0.3 is 0 Å². The van der Waals surface area contributed by atoms with Crippen molar-refractivity contribution in [1.29, 1.82) is 0 Å². The lowest BCUT2D eigenvalue weighted by Gasteiger charge is -2.25. The van der Waals surface area contributed by atoms with E-state index >= 15 is 0 Å². The zero-order chi connectivity index (χ0) is 23.5. The highest BCUT2D eigenvalue weighted by Gasteiger charge is 2.47. The van der Waals surface area contributed by atoms with E-state index in [0.717, 1.165) is 0 Å². The molecule has 8 nitrogen and oxygen atoms in total. The third-order valence-electron chi connectivity index (χ3n) is 5.22. The summed E-state index contributed by atoms with van der Waals surface area (Å²) in [6, 6.07) is 17.4. The van der Waals surface area contributed by atoms with Gasteiger partial charge in [-0.05, 0) is 42.5 Å². The number of pyridine rings is 1. The highest BCUT2D eigenvalue weighted by Crippen LogP contribution is 2.42. The van der Waals surface area contributed by atoms with E-state index in [2.05, 4.69) is 10.3 Å². The summed E-state index contributed by atoms with van der Waals surface area (Å²) in [6.07, 6.45) is 1.55. The van der Waals surface area contributed by atoms with E-state index in [4.69, 9.17) is 4.74 Å². The van der Waals surface area contributed by atoms with Crippen molar-refractivity contribution in [2.75, 3.05) is 17.3 Å². The van der Waals surface area contributed by atoms with Crippen LogP contribution in [0.15, 0.2) is 78.5 Å². The number of methoxy groups -OCH3 is 1. The van der Waals surface area contributed by atoms with E-state index in [1.807, 2.05) is 0 Å². The van der Waals surface area contributed by atoms with Crippen LogP contribution in [-0.4, -0.2) is 34.8 Å². The van der Waals surface area contributed by atoms with E-state index in [0.29, 0.717) is 22.8 Å². The molecule has 3 aromatic rings. The number of nitrogens with one attached hydrogen (secondary N) is 1. The molecule has 2 aromatic carbocycles. The average molecular weight is 443 g/mol. The number of benzene rings is 2. The maximum Gasteiger partial charge on any atom is 0.300 e. The number of hydrogen-bond acceptors (Lipinski definition) is 6. The van der Waals surface area contributed by atoms with Crippen molar-refractivity contribution in [1.82, 2.24) is 4.98 Å². The molecule has 0 saturated carbocycles. The molecule has 1 aromatic heterocycles. The summed E-state index contributed by atoms with van der Waals surface area (Å²) in [7, 11) is 1.45. The van der Waals surface area contributed by atoms with Crippen molar-refractivity contribution >= 4 is 34.7 Å². The third-order valence-corrected chi connectivity index (χ3v) is 5.22. The van der Waals surface area contributed by atoms with Crippen LogP contribution in [0.1, 0.15) is 24.2 Å². The summed E-state index contributed by atoms with van der Waals surface area (Å²) in [5.74, 6) is -1.94. The van der Waals surface area contributed by atoms with Crippen molar-refractivity contribution in [3.8, 4) is 5.75 Å². The van der Waals surface area contributed by atoms with Crippen LogP contribution in [-0.2, 0) is 14.4 Å². The summed E-state index contributed by atoms with van der Waals surface area (Å²) in [5.41, 5.74) is 1.42. The lowest BCUT2D eigenvalue weighted by molar-refractivity contribution is -0.132. The van der Waals surface area contributed by atoms with Crippen LogP contribution in [0.5, 0.6) is 5.75 Å². The number of nitrogens with zero attached hydrogens (tertiary/aromatic N) is 2. The molecule has 1 aliphatic heterocycles. The lowest BCUT2D eigenvalue weighted by Crippen LogP contribution is -2.30. The zero-order valence-electron chi connectivity index (χ0n) is 18.0. The highest BCUT2D eigenvalue weighted by molar-refractivity contribution is 6.51. The maximum absolute atomic E-state index is 13.2. The fourth-order valence-corrected chi connectivity index (χ4v) is 3.84. The number of ketones is 1. The Morgan fingerprint density at radius 2 is 1.82 bits per heavy atom. The van der Waals surface area contributed by atoms with Crippen LogP contribution in [0.4, 0.5) is 11.4 Å². The molecule has 1 aliphatic rings. The number of aliphatic hydroxyl groups excluding tert-OH is 1. The van der Waals surface area contributed by atoms with Gasteiger partial charge in [-0.25, -0.2) is 0 Å². The number of amides is 2. The second kappa shape index (κ2) is 8.96. The van der Waals surface area contributed by atoms with Crippen molar-refractivity contribution in [3.05, 3.63) is 89.8 Å². The molecule has 0 spiro atoms. The lowest BCUT2D eigenvalue weighted by atomic mass is 9.97. The van der Waals surface area contributed by atoms with Crippen LogP contribution in [0.2, 0.25) is 0 Å². The molecule has 8 heteroatoms. The minimum atomic E-state index is -0.983. The number of Topliss-reactive ketones (excluding diaryl/α,β-unsaturated/α-hetero) is 1. The van der Waals surface area contributed by atoms with Crippen molar-refractivity contribution in [2.45, 2.75) is 13.0 Å². The normalized spacial score (nSPS) is 17.2. The Balaban J connectivity index is 1.93. The van der Waals surface area contributed by atoms with Crippen molar-refractivity contribution in [3.63, 3.8) is 0 Å². The number of carbonyl (C=O) groups excluding carboxylic acids is 3. The van der Waals surface area contributed by atoms with Gasteiger partial charge in [-0.2, -0.15) is 0 Å². The van der Waals surface area contributed by atoms with Gasteiger partial charge in [0.15, 0.2) is 0 Å². The van der Waals surface area contributed by atoms with Gasteiger partial charge in [0, 0.05) is 24.5 Å². The molecule has 1 unspecified atom stereocenters. The molecular weight excluding hydrogens is 422 g/mol. The molecule has 1 saturated heterocycles. The van der Waals surface area contributed by atoms with Gasteiger partial charge in [-0.1, -0.05) is 24.3 Å². The average Bonchev–Trinajstić information content (AvgIpc) is 3.09. The molecular formula is C25H21N3O5. The van der Waals surface area contributed by atoms with Gasteiger partial charge in [-0.15, -0.1) is 0 Å². The Bertz CT molecular complexity index is 1270. The number of aromatic nitrogens is 1. The molecule has 0 aliphatic carbocycles. The quantitative estimate of drug-likeness (QED) is 0.354. The number of carbonyl (C=O) groups is 3. The molecule has 166 valence electrons. The molecule has 33 heavy (non-hydrogen) atoms. The summed E-state index contributed by atoms with van der Waals surface area (Å²) in [6.45, 7) is 1.38. The number of aliphatic hydroxyl groups is 1. The molecule has 2 amide bonds. The number of ether oxygens (including phenoxy) is 1. The smallest absolute Gasteiger partial charge is 0.300 e. The summed E-state index contributed by atoms with van der Waals surface area (Å²) < 4.78 is 5.33. The topological polar surface area (TPSA) is 109 Å². The standard InChI is InChI=1S/C25H21N3O5/c1-15(29)27-16-8-7-9-17(14-16)28-22(19-11-5-6-13-26-19)21(24(31)25(28)32)23(30)18-10-3-4-12-20(18)33-2/h3-14,22,30H,1-2H3,(H,27,29)/b23-21+. The van der Waals surface area contributed by atoms with Crippen molar-refractivity contribution in [2.24, 2.45) is 0 Å². The predicted molar refractivity (Wildman–Crippen MR) is 123 cm³/mol. The van der Waals surface area contributed by atoms with Gasteiger partial charge in [0.2, 0.25) is 5.91 Å². The van der Waals surface area contributed by atoms with Gasteiger partial charge in [0.1, 0.15) is 17.6 Å². The number of rotatable bonds is 5. The largest absolute Gasteiger partial charge is 0.507 e. The number of hydrogen-bond donors (Lipinski definition) is 2. The van der Waals surface area contributed by atoms with Crippen LogP contribution < -0.4 is 15.0 Å². The van der Waals surface area contributed by atoms with Crippen LogP contribution >= 0.6 is 0 Å². The molecule has 1 atom stereocenters.